The Morgan fingerprint density at radius 2 is 2.15 bits per heavy atom. The fourth-order valence-electron chi connectivity index (χ4n) is 2.34. The van der Waals surface area contributed by atoms with Crippen LogP contribution in [0.25, 0.3) is 0 Å². The number of carbonyl (C=O) groups is 1. The number of H-pyrrole nitrogens is 1. The zero-order valence-corrected chi connectivity index (χ0v) is 11.5. The summed E-state index contributed by atoms with van der Waals surface area (Å²) in [6.07, 6.45) is 1.93. The van der Waals surface area contributed by atoms with Gasteiger partial charge < -0.3 is 15.5 Å². The summed E-state index contributed by atoms with van der Waals surface area (Å²) in [5.41, 5.74) is 5.51. The zero-order valence-electron chi connectivity index (χ0n) is 11.5. The molecule has 1 fully saturated rings. The van der Waals surface area contributed by atoms with Crippen molar-refractivity contribution >= 4 is 5.91 Å². The Morgan fingerprint density at radius 3 is 2.85 bits per heavy atom. The highest BCUT2D eigenvalue weighted by Gasteiger charge is 2.20. The quantitative estimate of drug-likeness (QED) is 0.757. The lowest BCUT2D eigenvalue weighted by Crippen LogP contribution is -2.36. The second-order valence-electron chi connectivity index (χ2n) is 4.94. The average Bonchev–Trinajstić information content (AvgIpc) is 2.70. The summed E-state index contributed by atoms with van der Waals surface area (Å²) < 4.78 is 0. The maximum Gasteiger partial charge on any atom is 0.274 e. The highest BCUT2D eigenvalue weighted by Crippen LogP contribution is 2.07. The minimum absolute atomic E-state index is 0.123. The van der Waals surface area contributed by atoms with Crippen molar-refractivity contribution in [2.45, 2.75) is 12.8 Å². The van der Waals surface area contributed by atoms with Crippen LogP contribution in [0.3, 0.4) is 0 Å². The van der Waals surface area contributed by atoms with Crippen molar-refractivity contribution in [1.29, 1.82) is 0 Å². The molecule has 1 aliphatic rings. The molecule has 0 atom stereocenters. The predicted molar refractivity (Wildman–Crippen MR) is 75.5 cm³/mol. The molecule has 0 bridgehead atoms. The highest BCUT2D eigenvalue weighted by atomic mass is 16.2. The van der Waals surface area contributed by atoms with Gasteiger partial charge in [0.05, 0.1) is 0 Å². The summed E-state index contributed by atoms with van der Waals surface area (Å²) in [6.45, 7) is 4.93. The van der Waals surface area contributed by atoms with Gasteiger partial charge in [-0.05, 0) is 38.5 Å². The summed E-state index contributed by atoms with van der Waals surface area (Å²) in [6, 6.07) is 2.80. The summed E-state index contributed by atoms with van der Waals surface area (Å²) >= 11 is 0. The number of nitrogens with two attached hydrogens (primary N) is 1. The van der Waals surface area contributed by atoms with Crippen LogP contribution in [-0.4, -0.2) is 65.2 Å². The van der Waals surface area contributed by atoms with Crippen LogP contribution in [0.15, 0.2) is 16.9 Å². The van der Waals surface area contributed by atoms with Crippen LogP contribution in [0.2, 0.25) is 0 Å². The molecule has 110 valence electrons. The van der Waals surface area contributed by atoms with Crippen LogP contribution >= 0.6 is 0 Å². The van der Waals surface area contributed by atoms with Gasteiger partial charge in [-0.2, -0.15) is 5.10 Å². The Kier molecular flexibility index (Phi) is 5.25. The maximum absolute atomic E-state index is 12.3. The number of hydrogen-bond donors (Lipinski definition) is 2. The number of aromatic amines is 1. The van der Waals surface area contributed by atoms with E-state index < -0.39 is 0 Å². The summed E-state index contributed by atoms with van der Waals surface area (Å²) in [4.78, 5) is 27.4. The Balaban J connectivity index is 1.94. The van der Waals surface area contributed by atoms with Crippen molar-refractivity contribution in [3.05, 3.63) is 28.2 Å². The van der Waals surface area contributed by atoms with Gasteiger partial charge in [-0.1, -0.05) is 0 Å². The number of rotatable bonds is 4. The molecule has 20 heavy (non-hydrogen) atoms. The Bertz CT molecular complexity index is 481. The number of hydrogen-bond acceptors (Lipinski definition) is 5. The summed E-state index contributed by atoms with van der Waals surface area (Å²) in [5, 5.41) is 6.09. The number of aromatic nitrogens is 2. The molecule has 1 aromatic heterocycles. The van der Waals surface area contributed by atoms with E-state index in [0.29, 0.717) is 18.8 Å². The first-order chi connectivity index (χ1) is 9.70. The van der Waals surface area contributed by atoms with E-state index in [1.807, 2.05) is 0 Å². The lowest BCUT2D eigenvalue weighted by Gasteiger charge is -2.21. The Hall–Kier alpha value is -1.73. The van der Waals surface area contributed by atoms with E-state index in [-0.39, 0.29) is 11.5 Å². The average molecular weight is 279 g/mol. The molecule has 0 radical (unpaired) electrons. The van der Waals surface area contributed by atoms with E-state index in [2.05, 4.69) is 15.1 Å². The van der Waals surface area contributed by atoms with E-state index in [4.69, 9.17) is 5.73 Å². The summed E-state index contributed by atoms with van der Waals surface area (Å²) in [7, 11) is 0. The molecule has 0 unspecified atom stereocenters. The van der Waals surface area contributed by atoms with Gasteiger partial charge in [0.2, 0.25) is 0 Å². The van der Waals surface area contributed by atoms with Crippen molar-refractivity contribution in [3.63, 3.8) is 0 Å². The molecule has 2 rings (SSSR count). The zero-order chi connectivity index (χ0) is 14.4. The minimum Gasteiger partial charge on any atom is -0.336 e. The fraction of sp³-hybridized carbons (Fsp3) is 0.615. The predicted octanol–water partition coefficient (Wildman–Crippen LogP) is -0.733. The van der Waals surface area contributed by atoms with Crippen LogP contribution in [0, 0.1) is 0 Å². The van der Waals surface area contributed by atoms with Crippen LogP contribution in [-0.2, 0) is 0 Å². The minimum atomic E-state index is -0.301. The summed E-state index contributed by atoms with van der Waals surface area (Å²) in [5.74, 6) is -0.123. The van der Waals surface area contributed by atoms with Gasteiger partial charge in [-0.15, -0.1) is 0 Å². The van der Waals surface area contributed by atoms with Crippen molar-refractivity contribution in [3.8, 4) is 0 Å². The Labute approximate surface area is 117 Å². The van der Waals surface area contributed by atoms with Gasteiger partial charge in [0.15, 0.2) is 0 Å². The first-order valence-corrected chi connectivity index (χ1v) is 6.98. The monoisotopic (exact) mass is 279 g/mol. The second kappa shape index (κ2) is 7.16. The first kappa shape index (κ1) is 14.7. The first-order valence-electron chi connectivity index (χ1n) is 6.98. The van der Waals surface area contributed by atoms with Crippen LogP contribution in [0.4, 0.5) is 0 Å². The van der Waals surface area contributed by atoms with E-state index in [1.54, 1.807) is 4.90 Å². The molecule has 3 N–H and O–H groups in total. The molecule has 2 heterocycles. The molecule has 7 nitrogen and oxygen atoms in total. The number of nitrogens with one attached hydrogen (secondary N) is 1. The van der Waals surface area contributed by atoms with Gasteiger partial charge in [-0.25, -0.2) is 5.10 Å². The third-order valence-electron chi connectivity index (χ3n) is 3.45. The standard InChI is InChI=1S/C13H21N5O2/c14-5-1-6-17-7-2-8-18(10-9-17)13(20)11-3-4-12(19)16-15-11/h3-4H,1-2,5-10,14H2,(H,16,19). The molecular formula is C13H21N5O2. The normalized spacial score (nSPS) is 16.9. The van der Waals surface area contributed by atoms with Gasteiger partial charge in [0, 0.05) is 25.7 Å². The molecule has 1 amide bonds. The lowest BCUT2D eigenvalue weighted by molar-refractivity contribution is 0.0754. The maximum atomic E-state index is 12.3. The molecule has 0 aliphatic carbocycles. The third kappa shape index (κ3) is 3.88. The van der Waals surface area contributed by atoms with Crippen molar-refractivity contribution in [1.82, 2.24) is 20.0 Å². The van der Waals surface area contributed by atoms with E-state index in [9.17, 15) is 9.59 Å². The molecule has 1 saturated heterocycles. The van der Waals surface area contributed by atoms with Crippen LogP contribution in [0.1, 0.15) is 23.3 Å². The SMILES string of the molecule is NCCCN1CCCN(C(=O)c2ccc(=O)[nH]n2)CC1. The van der Waals surface area contributed by atoms with Crippen LogP contribution < -0.4 is 11.3 Å². The molecule has 1 aliphatic heterocycles. The molecule has 0 saturated carbocycles. The van der Waals surface area contributed by atoms with E-state index in [1.165, 1.54) is 12.1 Å². The number of carbonyl (C=O) groups excluding carboxylic acids is 1. The van der Waals surface area contributed by atoms with Crippen LogP contribution in [0.5, 0.6) is 0 Å². The number of amides is 1. The van der Waals surface area contributed by atoms with Gasteiger partial charge in [0.1, 0.15) is 5.69 Å². The van der Waals surface area contributed by atoms with E-state index >= 15 is 0 Å². The second-order valence-corrected chi connectivity index (χ2v) is 4.94. The molecule has 0 aromatic carbocycles. The third-order valence-corrected chi connectivity index (χ3v) is 3.45. The number of nitrogens with zero attached hydrogens (tertiary/aromatic N) is 3. The largest absolute Gasteiger partial charge is 0.336 e. The molecular weight excluding hydrogens is 258 g/mol. The fourth-order valence-corrected chi connectivity index (χ4v) is 2.34. The van der Waals surface area contributed by atoms with Crippen molar-refractivity contribution in [2.75, 3.05) is 39.3 Å². The molecule has 0 spiro atoms. The van der Waals surface area contributed by atoms with Crippen molar-refractivity contribution < 1.29 is 4.79 Å². The van der Waals surface area contributed by atoms with Gasteiger partial charge in [0.25, 0.3) is 11.5 Å². The van der Waals surface area contributed by atoms with Gasteiger partial charge >= 0.3 is 0 Å². The lowest BCUT2D eigenvalue weighted by atomic mass is 10.3. The Morgan fingerprint density at radius 1 is 1.30 bits per heavy atom. The van der Waals surface area contributed by atoms with E-state index in [0.717, 1.165) is 39.0 Å². The highest BCUT2D eigenvalue weighted by molar-refractivity contribution is 5.92. The van der Waals surface area contributed by atoms with Crippen molar-refractivity contribution in [2.24, 2.45) is 5.73 Å². The molecule has 1 aromatic rings. The topological polar surface area (TPSA) is 95.3 Å². The smallest absolute Gasteiger partial charge is 0.274 e. The molecule has 7 heteroatoms. The van der Waals surface area contributed by atoms with Gasteiger partial charge in [-0.3, -0.25) is 9.59 Å².